The molecule has 100 valence electrons. The summed E-state index contributed by atoms with van der Waals surface area (Å²) in [6, 6.07) is 5.39. The molecule has 2 unspecified atom stereocenters. The maximum absolute atomic E-state index is 13.8. The van der Waals surface area contributed by atoms with Crippen LogP contribution in [0, 0.1) is 11.7 Å². The topological polar surface area (TPSA) is 21.3 Å². The molecule has 1 aromatic rings. The second-order valence-electron chi connectivity index (χ2n) is 4.81. The Kier molecular flexibility index (Phi) is 5.15. The van der Waals surface area contributed by atoms with Crippen molar-refractivity contribution in [3.8, 4) is 0 Å². The van der Waals surface area contributed by atoms with Crippen molar-refractivity contribution in [3.63, 3.8) is 0 Å². The third-order valence-electron chi connectivity index (χ3n) is 3.58. The van der Waals surface area contributed by atoms with Gasteiger partial charge in [-0.25, -0.2) is 4.39 Å². The lowest BCUT2D eigenvalue weighted by molar-refractivity contribution is 0.0404. The van der Waals surface area contributed by atoms with E-state index in [9.17, 15) is 4.39 Å². The van der Waals surface area contributed by atoms with Gasteiger partial charge in [0.1, 0.15) is 5.82 Å². The highest BCUT2D eigenvalue weighted by Gasteiger charge is 2.24. The van der Waals surface area contributed by atoms with E-state index in [1.165, 1.54) is 6.07 Å². The number of ether oxygens (including phenoxy) is 1. The molecule has 1 N–H and O–H groups in total. The molecular weight excluding hydrogens is 297 g/mol. The first-order valence-corrected chi connectivity index (χ1v) is 7.19. The second-order valence-corrected chi connectivity index (χ2v) is 5.73. The second kappa shape index (κ2) is 6.64. The molecule has 1 fully saturated rings. The van der Waals surface area contributed by atoms with Gasteiger partial charge in [-0.3, -0.25) is 0 Å². The van der Waals surface area contributed by atoms with E-state index in [2.05, 4.69) is 21.2 Å². The fraction of sp³-hybridized carbons (Fsp3) is 0.571. The third-order valence-corrected chi connectivity index (χ3v) is 4.08. The van der Waals surface area contributed by atoms with Crippen molar-refractivity contribution in [1.82, 2.24) is 5.32 Å². The summed E-state index contributed by atoms with van der Waals surface area (Å²) >= 11 is 3.39. The first-order valence-electron chi connectivity index (χ1n) is 6.39. The molecule has 0 amide bonds. The molecule has 1 saturated heterocycles. The van der Waals surface area contributed by atoms with Crippen LogP contribution in [0.4, 0.5) is 4.39 Å². The van der Waals surface area contributed by atoms with Gasteiger partial charge in [0, 0.05) is 17.1 Å². The molecular formula is C14H19BrFNO. The Morgan fingerprint density at radius 1 is 1.56 bits per heavy atom. The van der Waals surface area contributed by atoms with E-state index in [1.807, 2.05) is 13.1 Å². The van der Waals surface area contributed by atoms with Crippen LogP contribution in [-0.2, 0) is 11.2 Å². The van der Waals surface area contributed by atoms with Gasteiger partial charge in [-0.15, -0.1) is 0 Å². The Bertz CT molecular complexity index is 393. The van der Waals surface area contributed by atoms with Gasteiger partial charge >= 0.3 is 0 Å². The van der Waals surface area contributed by atoms with E-state index in [1.54, 1.807) is 6.07 Å². The number of rotatable bonds is 4. The lowest BCUT2D eigenvalue weighted by Gasteiger charge is -2.30. The summed E-state index contributed by atoms with van der Waals surface area (Å²) in [5.41, 5.74) is 0.759. The zero-order valence-corrected chi connectivity index (χ0v) is 12.2. The first kappa shape index (κ1) is 14.0. The maximum Gasteiger partial charge on any atom is 0.126 e. The average Bonchev–Trinajstić information content (AvgIpc) is 2.41. The molecule has 0 radical (unpaired) electrons. The van der Waals surface area contributed by atoms with Crippen molar-refractivity contribution in [2.45, 2.75) is 25.3 Å². The van der Waals surface area contributed by atoms with Gasteiger partial charge in [0.25, 0.3) is 0 Å². The fourth-order valence-electron chi connectivity index (χ4n) is 2.52. The van der Waals surface area contributed by atoms with Crippen LogP contribution in [0.3, 0.4) is 0 Å². The molecule has 0 aliphatic carbocycles. The molecule has 2 rings (SSSR count). The quantitative estimate of drug-likeness (QED) is 0.921. The van der Waals surface area contributed by atoms with Gasteiger partial charge in [0.05, 0.1) is 6.61 Å². The summed E-state index contributed by atoms with van der Waals surface area (Å²) in [5, 5.41) is 3.30. The molecule has 1 aliphatic heterocycles. The van der Waals surface area contributed by atoms with Crippen LogP contribution in [-0.4, -0.2) is 26.3 Å². The van der Waals surface area contributed by atoms with Crippen molar-refractivity contribution < 1.29 is 9.13 Å². The monoisotopic (exact) mass is 315 g/mol. The van der Waals surface area contributed by atoms with Crippen LogP contribution < -0.4 is 5.32 Å². The zero-order chi connectivity index (χ0) is 13.0. The zero-order valence-electron chi connectivity index (χ0n) is 10.6. The van der Waals surface area contributed by atoms with Gasteiger partial charge in [0.2, 0.25) is 0 Å². The SMILES string of the molecule is CNC(Cc1cc(Br)ccc1F)C1CCCOC1. The smallest absolute Gasteiger partial charge is 0.126 e. The number of likely N-dealkylation sites (N-methyl/N-ethyl adjacent to an activating group) is 1. The summed E-state index contributed by atoms with van der Waals surface area (Å²) in [5.74, 6) is 0.345. The van der Waals surface area contributed by atoms with Crippen LogP contribution in [0.2, 0.25) is 0 Å². The molecule has 1 heterocycles. The normalized spacial score (nSPS) is 21.8. The predicted octanol–water partition coefficient (Wildman–Crippen LogP) is 3.15. The lowest BCUT2D eigenvalue weighted by Crippen LogP contribution is -2.40. The van der Waals surface area contributed by atoms with Gasteiger partial charge in [0.15, 0.2) is 0 Å². The molecule has 1 aromatic carbocycles. The highest BCUT2D eigenvalue weighted by atomic mass is 79.9. The third kappa shape index (κ3) is 3.53. The highest BCUT2D eigenvalue weighted by molar-refractivity contribution is 9.10. The Hall–Kier alpha value is -0.450. The molecule has 1 aliphatic rings. The Labute approximate surface area is 116 Å². The lowest BCUT2D eigenvalue weighted by atomic mass is 9.89. The van der Waals surface area contributed by atoms with E-state index in [0.717, 1.165) is 36.1 Å². The van der Waals surface area contributed by atoms with Crippen molar-refractivity contribution in [3.05, 3.63) is 34.1 Å². The Morgan fingerprint density at radius 3 is 3.06 bits per heavy atom. The van der Waals surface area contributed by atoms with Crippen LogP contribution in [0.1, 0.15) is 18.4 Å². The number of halogens is 2. The standard InChI is InChI=1S/C14H19BrFNO/c1-17-14(10-3-2-6-18-9-10)8-11-7-12(15)4-5-13(11)16/h4-5,7,10,14,17H,2-3,6,8-9H2,1H3. The van der Waals surface area contributed by atoms with Crippen LogP contribution in [0.25, 0.3) is 0 Å². The maximum atomic E-state index is 13.8. The number of hydrogen-bond acceptors (Lipinski definition) is 2. The van der Waals surface area contributed by atoms with Crippen LogP contribution in [0.15, 0.2) is 22.7 Å². The summed E-state index contributed by atoms with van der Waals surface area (Å²) < 4.78 is 20.2. The molecule has 18 heavy (non-hydrogen) atoms. The van der Waals surface area contributed by atoms with E-state index in [4.69, 9.17) is 4.74 Å². The predicted molar refractivity (Wildman–Crippen MR) is 74.2 cm³/mol. The highest BCUT2D eigenvalue weighted by Crippen LogP contribution is 2.23. The van der Waals surface area contributed by atoms with Crippen LogP contribution >= 0.6 is 15.9 Å². The Morgan fingerprint density at radius 2 is 2.39 bits per heavy atom. The average molecular weight is 316 g/mol. The van der Waals surface area contributed by atoms with E-state index < -0.39 is 0 Å². The number of hydrogen-bond donors (Lipinski definition) is 1. The number of nitrogens with one attached hydrogen (secondary N) is 1. The van der Waals surface area contributed by atoms with E-state index in [0.29, 0.717) is 12.3 Å². The number of benzene rings is 1. The summed E-state index contributed by atoms with van der Waals surface area (Å²) in [6.07, 6.45) is 2.96. The minimum absolute atomic E-state index is 0.129. The van der Waals surface area contributed by atoms with Gasteiger partial charge in [-0.1, -0.05) is 15.9 Å². The summed E-state index contributed by atoms with van der Waals surface area (Å²) in [4.78, 5) is 0. The van der Waals surface area contributed by atoms with Gasteiger partial charge in [-0.05, 0) is 56.0 Å². The molecule has 0 saturated carbocycles. The van der Waals surface area contributed by atoms with Gasteiger partial charge < -0.3 is 10.1 Å². The summed E-state index contributed by atoms with van der Waals surface area (Å²) in [6.45, 7) is 1.64. The summed E-state index contributed by atoms with van der Waals surface area (Å²) in [7, 11) is 1.94. The molecule has 0 aromatic heterocycles. The van der Waals surface area contributed by atoms with Crippen molar-refractivity contribution >= 4 is 15.9 Å². The molecule has 2 nitrogen and oxygen atoms in total. The Balaban J connectivity index is 2.06. The molecule has 0 bridgehead atoms. The van der Waals surface area contributed by atoms with E-state index in [-0.39, 0.29) is 11.9 Å². The molecule has 0 spiro atoms. The van der Waals surface area contributed by atoms with Crippen molar-refractivity contribution in [2.75, 3.05) is 20.3 Å². The molecule has 2 atom stereocenters. The van der Waals surface area contributed by atoms with Gasteiger partial charge in [-0.2, -0.15) is 0 Å². The minimum Gasteiger partial charge on any atom is -0.381 e. The molecule has 4 heteroatoms. The minimum atomic E-state index is -0.129. The van der Waals surface area contributed by atoms with E-state index >= 15 is 0 Å². The fourth-order valence-corrected chi connectivity index (χ4v) is 2.93. The van der Waals surface area contributed by atoms with Crippen molar-refractivity contribution in [2.24, 2.45) is 5.92 Å². The van der Waals surface area contributed by atoms with Crippen LogP contribution in [0.5, 0.6) is 0 Å². The van der Waals surface area contributed by atoms with Crippen molar-refractivity contribution in [1.29, 1.82) is 0 Å². The first-order chi connectivity index (χ1) is 8.70. The largest absolute Gasteiger partial charge is 0.381 e.